The first-order valence-corrected chi connectivity index (χ1v) is 6.91. The maximum atomic E-state index is 12.5. The molecule has 0 fully saturated rings. The van der Waals surface area contributed by atoms with Crippen LogP contribution >= 0.6 is 0 Å². The Balaban J connectivity index is 2.23. The lowest BCUT2D eigenvalue weighted by atomic mass is 9.98. The molecule has 21 heavy (non-hydrogen) atoms. The van der Waals surface area contributed by atoms with E-state index in [1.807, 2.05) is 64.0 Å². The van der Waals surface area contributed by atoms with Crippen molar-refractivity contribution in [2.45, 2.75) is 26.7 Å². The zero-order chi connectivity index (χ0) is 15.6. The summed E-state index contributed by atoms with van der Waals surface area (Å²) < 4.78 is 5.14. The molecular weight excluding hydrogens is 266 g/mol. The molecule has 0 radical (unpaired) electrons. The highest BCUT2D eigenvalue weighted by atomic mass is 16.5. The number of aryl methyl sites for hydroxylation is 2. The van der Waals surface area contributed by atoms with Gasteiger partial charge in [0.15, 0.2) is 0 Å². The lowest BCUT2D eigenvalue weighted by Gasteiger charge is -2.19. The molecule has 1 heterocycles. The van der Waals surface area contributed by atoms with Gasteiger partial charge in [0.25, 0.3) is 0 Å². The number of nitrogens with zero attached hydrogens (tertiary/aromatic N) is 2. The lowest BCUT2D eigenvalue weighted by Crippen LogP contribution is -2.21. The number of nitrogens with one attached hydrogen (secondary N) is 1. The molecule has 0 aliphatic rings. The Bertz CT molecular complexity index is 627. The van der Waals surface area contributed by atoms with Crippen LogP contribution in [0, 0.1) is 13.8 Å². The number of para-hydroxylation sites is 2. The molecule has 112 valence electrons. The van der Waals surface area contributed by atoms with E-state index in [0.29, 0.717) is 5.76 Å². The second-order valence-corrected chi connectivity index (χ2v) is 5.36. The third-order valence-corrected chi connectivity index (χ3v) is 3.56. The third kappa shape index (κ3) is 3.07. The molecule has 1 amide bonds. The normalized spacial score (nSPS) is 12.0. The maximum absolute atomic E-state index is 12.5. The van der Waals surface area contributed by atoms with Crippen LogP contribution in [0.15, 0.2) is 28.8 Å². The van der Waals surface area contributed by atoms with Gasteiger partial charge in [0, 0.05) is 19.7 Å². The van der Waals surface area contributed by atoms with Crippen molar-refractivity contribution in [1.82, 2.24) is 5.16 Å². The average Bonchev–Trinajstić information content (AvgIpc) is 2.77. The summed E-state index contributed by atoms with van der Waals surface area (Å²) >= 11 is 0. The molecule has 0 aliphatic carbocycles. The van der Waals surface area contributed by atoms with E-state index in [2.05, 4.69) is 10.5 Å². The molecule has 2 aromatic rings. The molecule has 1 atom stereocenters. The molecule has 2 rings (SSSR count). The predicted molar refractivity (Wildman–Crippen MR) is 83.8 cm³/mol. The smallest absolute Gasteiger partial charge is 0.231 e. The summed E-state index contributed by atoms with van der Waals surface area (Å²) in [5, 5.41) is 6.89. The van der Waals surface area contributed by atoms with Gasteiger partial charge in [-0.05, 0) is 32.9 Å². The predicted octanol–water partition coefficient (Wildman–Crippen LogP) is 3.10. The molecule has 5 nitrogen and oxygen atoms in total. The second kappa shape index (κ2) is 5.99. The van der Waals surface area contributed by atoms with Crippen molar-refractivity contribution in [3.05, 3.63) is 41.3 Å². The van der Waals surface area contributed by atoms with Gasteiger partial charge in [-0.25, -0.2) is 0 Å². The van der Waals surface area contributed by atoms with E-state index in [1.54, 1.807) is 0 Å². The van der Waals surface area contributed by atoms with Crippen LogP contribution in [0.2, 0.25) is 0 Å². The quantitative estimate of drug-likeness (QED) is 0.938. The van der Waals surface area contributed by atoms with Crippen molar-refractivity contribution in [3.63, 3.8) is 0 Å². The molecule has 0 saturated carbocycles. The van der Waals surface area contributed by atoms with Crippen LogP contribution in [0.3, 0.4) is 0 Å². The Morgan fingerprint density at radius 1 is 1.29 bits per heavy atom. The first kappa shape index (κ1) is 15.1. The summed E-state index contributed by atoms with van der Waals surface area (Å²) in [5.41, 5.74) is 3.38. The standard InChI is InChI=1S/C16H21N3O2/c1-10(15-11(2)18-21-12(15)3)16(20)17-13-8-6-7-9-14(13)19(4)5/h6-10H,1-5H3,(H,17,20). The fourth-order valence-electron chi connectivity index (χ4n) is 2.45. The van der Waals surface area contributed by atoms with E-state index in [4.69, 9.17) is 4.52 Å². The highest BCUT2D eigenvalue weighted by Crippen LogP contribution is 2.27. The topological polar surface area (TPSA) is 58.4 Å². The van der Waals surface area contributed by atoms with Crippen molar-refractivity contribution in [2.75, 3.05) is 24.3 Å². The van der Waals surface area contributed by atoms with Gasteiger partial charge < -0.3 is 14.7 Å². The maximum Gasteiger partial charge on any atom is 0.231 e. The Morgan fingerprint density at radius 3 is 2.52 bits per heavy atom. The fraction of sp³-hybridized carbons (Fsp3) is 0.375. The van der Waals surface area contributed by atoms with Crippen molar-refractivity contribution >= 4 is 17.3 Å². The van der Waals surface area contributed by atoms with E-state index in [-0.39, 0.29) is 11.8 Å². The van der Waals surface area contributed by atoms with Gasteiger partial charge in [-0.15, -0.1) is 0 Å². The van der Waals surface area contributed by atoms with Crippen LogP contribution in [-0.4, -0.2) is 25.2 Å². The third-order valence-electron chi connectivity index (χ3n) is 3.56. The Labute approximate surface area is 124 Å². The molecular formula is C16H21N3O2. The zero-order valence-electron chi connectivity index (χ0n) is 13.1. The Morgan fingerprint density at radius 2 is 1.95 bits per heavy atom. The molecule has 1 aromatic heterocycles. The van der Waals surface area contributed by atoms with Gasteiger partial charge >= 0.3 is 0 Å². The van der Waals surface area contributed by atoms with Gasteiger partial charge in [-0.1, -0.05) is 17.3 Å². The van der Waals surface area contributed by atoms with E-state index < -0.39 is 0 Å². The van der Waals surface area contributed by atoms with E-state index in [0.717, 1.165) is 22.6 Å². The Kier molecular flexibility index (Phi) is 4.31. The SMILES string of the molecule is Cc1noc(C)c1C(C)C(=O)Nc1ccccc1N(C)C. The van der Waals surface area contributed by atoms with E-state index in [9.17, 15) is 4.79 Å². The van der Waals surface area contributed by atoms with Crippen LogP contribution < -0.4 is 10.2 Å². The minimum atomic E-state index is -0.313. The van der Waals surface area contributed by atoms with Crippen molar-refractivity contribution in [3.8, 4) is 0 Å². The van der Waals surface area contributed by atoms with Crippen LogP contribution in [0.5, 0.6) is 0 Å². The summed E-state index contributed by atoms with van der Waals surface area (Å²) in [6, 6.07) is 7.72. The summed E-state index contributed by atoms with van der Waals surface area (Å²) in [6.45, 7) is 5.54. The molecule has 0 bridgehead atoms. The number of anilines is 2. The molecule has 0 saturated heterocycles. The lowest BCUT2D eigenvalue weighted by molar-refractivity contribution is -0.117. The average molecular weight is 287 g/mol. The van der Waals surface area contributed by atoms with Crippen molar-refractivity contribution in [2.24, 2.45) is 0 Å². The molecule has 1 aromatic carbocycles. The molecule has 5 heteroatoms. The summed E-state index contributed by atoms with van der Waals surface area (Å²) in [5.74, 6) is 0.307. The summed E-state index contributed by atoms with van der Waals surface area (Å²) in [7, 11) is 3.89. The second-order valence-electron chi connectivity index (χ2n) is 5.36. The van der Waals surface area contributed by atoms with Gasteiger partial charge in [-0.2, -0.15) is 0 Å². The van der Waals surface area contributed by atoms with Crippen LogP contribution in [0.4, 0.5) is 11.4 Å². The number of benzene rings is 1. The number of aromatic nitrogens is 1. The fourth-order valence-corrected chi connectivity index (χ4v) is 2.45. The van der Waals surface area contributed by atoms with Gasteiger partial charge in [0.1, 0.15) is 5.76 Å². The summed E-state index contributed by atoms with van der Waals surface area (Å²) in [4.78, 5) is 14.5. The first-order chi connectivity index (χ1) is 9.91. The van der Waals surface area contributed by atoms with Gasteiger partial charge in [0.05, 0.1) is 23.0 Å². The van der Waals surface area contributed by atoms with Crippen LogP contribution in [-0.2, 0) is 4.79 Å². The monoisotopic (exact) mass is 287 g/mol. The van der Waals surface area contributed by atoms with Crippen molar-refractivity contribution in [1.29, 1.82) is 0 Å². The number of hydrogen-bond donors (Lipinski definition) is 1. The summed E-state index contributed by atoms with van der Waals surface area (Å²) in [6.07, 6.45) is 0. The molecule has 0 spiro atoms. The largest absolute Gasteiger partial charge is 0.376 e. The zero-order valence-corrected chi connectivity index (χ0v) is 13.1. The number of hydrogen-bond acceptors (Lipinski definition) is 4. The van der Waals surface area contributed by atoms with Gasteiger partial charge in [0.2, 0.25) is 5.91 Å². The van der Waals surface area contributed by atoms with Crippen molar-refractivity contribution < 1.29 is 9.32 Å². The minimum absolute atomic E-state index is 0.0706. The van der Waals surface area contributed by atoms with Gasteiger partial charge in [-0.3, -0.25) is 4.79 Å². The number of amides is 1. The number of carbonyl (C=O) groups excluding carboxylic acids is 1. The molecule has 1 N–H and O–H groups in total. The van der Waals surface area contributed by atoms with Crippen LogP contribution in [0.25, 0.3) is 0 Å². The van der Waals surface area contributed by atoms with E-state index in [1.165, 1.54) is 0 Å². The minimum Gasteiger partial charge on any atom is -0.376 e. The highest BCUT2D eigenvalue weighted by Gasteiger charge is 2.23. The Hall–Kier alpha value is -2.30. The number of carbonyl (C=O) groups is 1. The molecule has 1 unspecified atom stereocenters. The van der Waals surface area contributed by atoms with Crippen LogP contribution in [0.1, 0.15) is 29.9 Å². The number of rotatable bonds is 4. The van der Waals surface area contributed by atoms with E-state index >= 15 is 0 Å². The first-order valence-electron chi connectivity index (χ1n) is 6.91. The molecule has 0 aliphatic heterocycles. The highest BCUT2D eigenvalue weighted by molar-refractivity contribution is 5.98.